The molecule has 17 heavy (non-hydrogen) atoms. The number of nitrogens with one attached hydrogen (secondary N) is 1. The molecule has 0 atom stereocenters. The third-order valence-electron chi connectivity index (χ3n) is 2.22. The summed E-state index contributed by atoms with van der Waals surface area (Å²) in [5.74, 6) is 1.12. The fourth-order valence-corrected chi connectivity index (χ4v) is 1.60. The molecule has 1 aromatic heterocycles. The molecule has 0 unspecified atom stereocenters. The van der Waals surface area contributed by atoms with Gasteiger partial charge in [-0.05, 0) is 30.3 Å². The standard InChI is InChI=1S/C12H12BrN3O/c1-17-11-7-6-10(14)12(16-11)15-9-4-2-8(13)3-5-9/h2-7H,14H2,1H3,(H,15,16). The highest BCUT2D eigenvalue weighted by Crippen LogP contribution is 2.24. The smallest absolute Gasteiger partial charge is 0.215 e. The SMILES string of the molecule is COc1ccc(N)c(Nc2ccc(Br)cc2)n1. The van der Waals surface area contributed by atoms with Gasteiger partial charge in [-0.15, -0.1) is 0 Å². The number of hydrogen-bond donors (Lipinski definition) is 2. The first-order chi connectivity index (χ1) is 8.19. The Kier molecular flexibility index (Phi) is 3.49. The molecule has 0 radical (unpaired) electrons. The molecule has 0 saturated carbocycles. The Morgan fingerprint density at radius 3 is 2.53 bits per heavy atom. The molecule has 4 nitrogen and oxygen atoms in total. The van der Waals surface area contributed by atoms with Crippen molar-refractivity contribution in [1.29, 1.82) is 0 Å². The summed E-state index contributed by atoms with van der Waals surface area (Å²) in [7, 11) is 1.57. The van der Waals surface area contributed by atoms with E-state index in [0.717, 1.165) is 10.2 Å². The number of nitrogens with zero attached hydrogens (tertiary/aromatic N) is 1. The quantitative estimate of drug-likeness (QED) is 0.912. The van der Waals surface area contributed by atoms with Crippen molar-refractivity contribution in [2.75, 3.05) is 18.2 Å². The Morgan fingerprint density at radius 2 is 1.88 bits per heavy atom. The van der Waals surface area contributed by atoms with E-state index in [1.807, 2.05) is 24.3 Å². The molecular weight excluding hydrogens is 282 g/mol. The van der Waals surface area contributed by atoms with E-state index in [2.05, 4.69) is 26.2 Å². The van der Waals surface area contributed by atoms with Gasteiger partial charge in [-0.3, -0.25) is 0 Å². The maximum absolute atomic E-state index is 5.83. The van der Waals surface area contributed by atoms with Gasteiger partial charge in [0.05, 0.1) is 12.8 Å². The van der Waals surface area contributed by atoms with E-state index in [9.17, 15) is 0 Å². The van der Waals surface area contributed by atoms with Crippen LogP contribution in [-0.2, 0) is 0 Å². The van der Waals surface area contributed by atoms with Crippen molar-refractivity contribution < 1.29 is 4.74 Å². The number of rotatable bonds is 3. The van der Waals surface area contributed by atoms with Crippen molar-refractivity contribution in [3.63, 3.8) is 0 Å². The highest BCUT2D eigenvalue weighted by molar-refractivity contribution is 9.10. The molecule has 0 spiro atoms. The molecule has 0 bridgehead atoms. The van der Waals surface area contributed by atoms with Crippen LogP contribution in [0.3, 0.4) is 0 Å². The molecule has 2 aromatic rings. The molecule has 0 aliphatic heterocycles. The van der Waals surface area contributed by atoms with Crippen LogP contribution in [0, 0.1) is 0 Å². The number of hydrogen-bond acceptors (Lipinski definition) is 4. The summed E-state index contributed by atoms with van der Waals surface area (Å²) in [5.41, 5.74) is 7.33. The first-order valence-corrected chi connectivity index (χ1v) is 5.81. The fraction of sp³-hybridized carbons (Fsp3) is 0.0833. The number of ether oxygens (including phenoxy) is 1. The zero-order valence-electron chi connectivity index (χ0n) is 9.27. The number of nitrogens with two attached hydrogens (primary N) is 1. The van der Waals surface area contributed by atoms with Crippen molar-refractivity contribution in [3.8, 4) is 5.88 Å². The zero-order valence-corrected chi connectivity index (χ0v) is 10.9. The molecule has 3 N–H and O–H groups in total. The highest BCUT2D eigenvalue weighted by Gasteiger charge is 2.03. The number of anilines is 3. The summed E-state index contributed by atoms with van der Waals surface area (Å²) in [6.07, 6.45) is 0. The van der Waals surface area contributed by atoms with Gasteiger partial charge >= 0.3 is 0 Å². The zero-order chi connectivity index (χ0) is 12.3. The fourth-order valence-electron chi connectivity index (χ4n) is 1.34. The van der Waals surface area contributed by atoms with E-state index in [1.54, 1.807) is 19.2 Å². The van der Waals surface area contributed by atoms with Crippen LogP contribution in [-0.4, -0.2) is 12.1 Å². The maximum Gasteiger partial charge on any atom is 0.215 e. The normalized spacial score (nSPS) is 10.0. The minimum atomic E-state index is 0.527. The molecule has 0 aliphatic rings. The summed E-state index contributed by atoms with van der Waals surface area (Å²) >= 11 is 3.38. The Bertz CT molecular complexity index is 514. The third kappa shape index (κ3) is 2.88. The van der Waals surface area contributed by atoms with Gasteiger partial charge in [0, 0.05) is 16.2 Å². The number of benzene rings is 1. The molecule has 0 amide bonds. The van der Waals surface area contributed by atoms with Crippen LogP contribution in [0.15, 0.2) is 40.9 Å². The molecule has 0 saturated heterocycles. The highest BCUT2D eigenvalue weighted by atomic mass is 79.9. The lowest BCUT2D eigenvalue weighted by Gasteiger charge is -2.09. The van der Waals surface area contributed by atoms with Crippen molar-refractivity contribution in [2.45, 2.75) is 0 Å². The van der Waals surface area contributed by atoms with E-state index in [0.29, 0.717) is 17.4 Å². The Morgan fingerprint density at radius 1 is 1.18 bits per heavy atom. The maximum atomic E-state index is 5.83. The lowest BCUT2D eigenvalue weighted by Crippen LogP contribution is -2.00. The first-order valence-electron chi connectivity index (χ1n) is 5.02. The lowest BCUT2D eigenvalue weighted by atomic mass is 10.3. The van der Waals surface area contributed by atoms with Gasteiger partial charge < -0.3 is 15.8 Å². The van der Waals surface area contributed by atoms with E-state index in [-0.39, 0.29) is 0 Å². The third-order valence-corrected chi connectivity index (χ3v) is 2.75. The summed E-state index contributed by atoms with van der Waals surface area (Å²) in [6, 6.07) is 11.2. The van der Waals surface area contributed by atoms with E-state index >= 15 is 0 Å². The second-order valence-corrected chi connectivity index (χ2v) is 4.34. The van der Waals surface area contributed by atoms with Gasteiger partial charge in [-0.25, -0.2) is 0 Å². The van der Waals surface area contributed by atoms with Crippen molar-refractivity contribution in [1.82, 2.24) is 4.98 Å². The van der Waals surface area contributed by atoms with Crippen LogP contribution in [0.5, 0.6) is 5.88 Å². The summed E-state index contributed by atoms with van der Waals surface area (Å²) < 4.78 is 6.08. The van der Waals surface area contributed by atoms with Crippen LogP contribution in [0.25, 0.3) is 0 Å². The van der Waals surface area contributed by atoms with Gasteiger partial charge in [-0.1, -0.05) is 15.9 Å². The molecular formula is C12H12BrN3O. The van der Waals surface area contributed by atoms with Gasteiger partial charge in [-0.2, -0.15) is 4.98 Å². The average molecular weight is 294 g/mol. The minimum absolute atomic E-state index is 0.527. The van der Waals surface area contributed by atoms with E-state index in [1.165, 1.54) is 0 Å². The lowest BCUT2D eigenvalue weighted by molar-refractivity contribution is 0.398. The predicted molar refractivity (Wildman–Crippen MR) is 72.6 cm³/mol. The van der Waals surface area contributed by atoms with Gasteiger partial charge in [0.1, 0.15) is 0 Å². The molecule has 1 heterocycles. The van der Waals surface area contributed by atoms with Crippen LogP contribution >= 0.6 is 15.9 Å². The van der Waals surface area contributed by atoms with Crippen LogP contribution < -0.4 is 15.8 Å². The number of aromatic nitrogens is 1. The summed E-state index contributed by atoms with van der Waals surface area (Å²) in [5, 5.41) is 3.14. The Balaban J connectivity index is 2.25. The molecule has 2 rings (SSSR count). The van der Waals surface area contributed by atoms with Crippen LogP contribution in [0.2, 0.25) is 0 Å². The number of halogens is 1. The van der Waals surface area contributed by atoms with Crippen molar-refractivity contribution >= 4 is 33.1 Å². The van der Waals surface area contributed by atoms with Gasteiger partial charge in [0.2, 0.25) is 5.88 Å². The largest absolute Gasteiger partial charge is 0.481 e. The monoisotopic (exact) mass is 293 g/mol. The number of methoxy groups -OCH3 is 1. The van der Waals surface area contributed by atoms with Gasteiger partial charge in [0.15, 0.2) is 5.82 Å². The minimum Gasteiger partial charge on any atom is -0.481 e. The molecule has 88 valence electrons. The second-order valence-electron chi connectivity index (χ2n) is 3.42. The number of pyridine rings is 1. The molecule has 5 heteroatoms. The summed E-state index contributed by atoms with van der Waals surface area (Å²) in [6.45, 7) is 0. The van der Waals surface area contributed by atoms with Crippen LogP contribution in [0.4, 0.5) is 17.2 Å². The number of nitrogen functional groups attached to an aromatic ring is 1. The molecule has 0 fully saturated rings. The van der Waals surface area contributed by atoms with E-state index in [4.69, 9.17) is 10.5 Å². The predicted octanol–water partition coefficient (Wildman–Crippen LogP) is 3.18. The van der Waals surface area contributed by atoms with Crippen LogP contribution in [0.1, 0.15) is 0 Å². The second kappa shape index (κ2) is 5.05. The van der Waals surface area contributed by atoms with E-state index < -0.39 is 0 Å². The van der Waals surface area contributed by atoms with Gasteiger partial charge in [0.25, 0.3) is 0 Å². The topological polar surface area (TPSA) is 60.2 Å². The molecule has 0 aliphatic carbocycles. The summed E-state index contributed by atoms with van der Waals surface area (Å²) in [4.78, 5) is 4.24. The molecule has 1 aromatic carbocycles. The first kappa shape index (κ1) is 11.7. The Hall–Kier alpha value is -1.75. The van der Waals surface area contributed by atoms with Crippen molar-refractivity contribution in [3.05, 3.63) is 40.9 Å². The average Bonchev–Trinajstić information content (AvgIpc) is 2.35. The van der Waals surface area contributed by atoms with Crippen molar-refractivity contribution in [2.24, 2.45) is 0 Å². The Labute approximate surface area is 108 Å².